The number of rotatable bonds is 17. The summed E-state index contributed by atoms with van der Waals surface area (Å²) in [4.78, 5) is 10.3. The van der Waals surface area contributed by atoms with E-state index in [1.165, 1.54) is 25.7 Å². The maximum atomic E-state index is 11.3. The van der Waals surface area contributed by atoms with Crippen LogP contribution in [-0.4, -0.2) is 24.2 Å². The Labute approximate surface area is 245 Å². The van der Waals surface area contributed by atoms with Crippen molar-refractivity contribution in [3.8, 4) is 0 Å². The Hall–Kier alpha value is 2.65. The molecule has 0 bridgehead atoms. The Morgan fingerprint density at radius 2 is 1.15 bits per heavy atom. The fourth-order valence-corrected chi connectivity index (χ4v) is 3.84. The Balaban J connectivity index is -0.00000264. The first-order chi connectivity index (χ1) is 11.4. The molecule has 0 aromatic carbocycles. The summed E-state index contributed by atoms with van der Waals surface area (Å²) in [5.41, 5.74) is 0. The average molecular weight is 441 g/mol. The fourth-order valence-electron chi connectivity index (χ4n) is 2.93. The molecule has 26 heavy (non-hydrogen) atoms. The predicted molar refractivity (Wildman–Crippen MR) is 93.4 cm³/mol. The molecule has 0 N–H and O–H groups in total. The molecule has 1 unspecified atom stereocenters. The average Bonchev–Trinajstić information content (AvgIpc) is 2.49. The molecule has 0 saturated carbocycles. The third-order valence-corrected chi connectivity index (χ3v) is 5.73. The molecule has 5 nitrogen and oxygen atoms in total. The summed E-state index contributed by atoms with van der Waals surface area (Å²) in [6, 6.07) is 0. The van der Waals surface area contributed by atoms with Gasteiger partial charge in [-0.1, -0.05) is 77.6 Å². The van der Waals surface area contributed by atoms with Crippen molar-refractivity contribution in [1.29, 1.82) is 0 Å². The zero-order valence-electron chi connectivity index (χ0n) is 17.1. The second-order valence-electron chi connectivity index (χ2n) is 6.70. The van der Waals surface area contributed by atoms with Gasteiger partial charge in [-0.05, 0) is 25.7 Å². The number of hydrogen-bond acceptors (Lipinski definition) is 5. The smallest absolute Gasteiger partial charge is 0.748 e. The van der Waals surface area contributed by atoms with Crippen molar-refractivity contribution in [2.45, 2.75) is 108 Å². The van der Waals surface area contributed by atoms with E-state index in [0.717, 1.165) is 38.5 Å². The molecule has 1 atom stereocenters. The van der Waals surface area contributed by atoms with Crippen molar-refractivity contribution < 1.29 is 126 Å². The van der Waals surface area contributed by atoms with Crippen molar-refractivity contribution in [3.05, 3.63) is 0 Å². The molecule has 0 aliphatic rings. The van der Waals surface area contributed by atoms with Gasteiger partial charge in [-0.15, -0.1) is 0 Å². The summed E-state index contributed by atoms with van der Waals surface area (Å²) in [6.45, 7) is 2.17. The molecule has 0 aromatic rings. The number of carbonyl (C=O) groups is 1. The first-order valence-corrected chi connectivity index (χ1v) is 11.0. The van der Waals surface area contributed by atoms with Crippen LogP contribution < -0.4 is 108 Å². The quantitative estimate of drug-likeness (QED) is 0.142. The van der Waals surface area contributed by atoms with E-state index in [1.54, 1.807) is 0 Å². The molecule has 0 amide bonds. The van der Waals surface area contributed by atoms with Crippen molar-refractivity contribution in [2.24, 2.45) is 0 Å². The van der Waals surface area contributed by atoms with Crippen molar-refractivity contribution in [3.63, 3.8) is 0 Å². The van der Waals surface area contributed by atoms with E-state index in [-0.39, 0.29) is 109 Å². The van der Waals surface area contributed by atoms with Gasteiger partial charge in [0.25, 0.3) is 0 Å². The molecule has 0 spiro atoms. The van der Waals surface area contributed by atoms with Gasteiger partial charge >= 0.3 is 103 Å². The summed E-state index contributed by atoms with van der Waals surface area (Å²) in [5.74, 6) is -1.03. The van der Waals surface area contributed by atoms with Crippen LogP contribution in [0.15, 0.2) is 0 Å². The molecule has 0 aromatic heterocycles. The standard InChI is InChI=1S/C18H36O5S.2K/c1-2-3-4-5-6-8-11-14-17(24(21,22)23)15-12-9-7-10-13-16-18(19)20;;/h17H,2-16H2,1H3,(H,19,20)(H,21,22,23);;/q;2*+1/p-2. The van der Waals surface area contributed by atoms with Crippen LogP contribution in [-0.2, 0) is 14.9 Å². The fraction of sp³-hybridized carbons (Fsp3) is 0.944. The number of hydrogen-bond donors (Lipinski definition) is 0. The van der Waals surface area contributed by atoms with Gasteiger partial charge in [-0.25, -0.2) is 8.42 Å². The Morgan fingerprint density at radius 1 is 0.769 bits per heavy atom. The third kappa shape index (κ3) is 22.9. The molecular formula is C18H34K2O5S. The van der Waals surface area contributed by atoms with Gasteiger partial charge in [-0.3, -0.25) is 0 Å². The number of aliphatic carboxylic acids is 1. The van der Waals surface area contributed by atoms with Gasteiger partial charge in [-0.2, -0.15) is 0 Å². The van der Waals surface area contributed by atoms with Gasteiger partial charge in [0.1, 0.15) is 0 Å². The molecule has 144 valence electrons. The third-order valence-electron chi connectivity index (χ3n) is 4.44. The van der Waals surface area contributed by atoms with Crippen LogP contribution in [0.3, 0.4) is 0 Å². The van der Waals surface area contributed by atoms with Crippen LogP contribution in [0.25, 0.3) is 0 Å². The summed E-state index contributed by atoms with van der Waals surface area (Å²) >= 11 is 0. The van der Waals surface area contributed by atoms with Gasteiger partial charge < -0.3 is 14.5 Å². The number of carboxylic acid groups (broad SMARTS) is 1. The Bertz CT molecular complexity index is 416. The number of carbonyl (C=O) groups excluding carboxylic acids is 1. The van der Waals surface area contributed by atoms with Crippen LogP contribution in [0.1, 0.15) is 103 Å². The number of unbranched alkanes of at least 4 members (excludes halogenated alkanes) is 10. The summed E-state index contributed by atoms with van der Waals surface area (Å²) in [7, 11) is -4.21. The number of carboxylic acids is 1. The SMILES string of the molecule is CCCCCCCCCC(CCCCCCCC(=O)[O-])S(=O)(=O)[O-].[K+].[K+]. The second-order valence-corrected chi connectivity index (χ2v) is 8.36. The van der Waals surface area contributed by atoms with Crippen LogP contribution in [0.5, 0.6) is 0 Å². The van der Waals surface area contributed by atoms with E-state index in [4.69, 9.17) is 0 Å². The minimum absolute atomic E-state index is 0. The molecular weight excluding hydrogens is 406 g/mol. The van der Waals surface area contributed by atoms with E-state index >= 15 is 0 Å². The van der Waals surface area contributed by atoms with Gasteiger partial charge in [0, 0.05) is 11.2 Å². The van der Waals surface area contributed by atoms with Crippen molar-refractivity contribution >= 4 is 16.1 Å². The molecule has 0 heterocycles. The minimum atomic E-state index is -4.21. The summed E-state index contributed by atoms with van der Waals surface area (Å²) < 4.78 is 34.0. The zero-order chi connectivity index (χ0) is 18.3. The monoisotopic (exact) mass is 440 g/mol. The molecule has 0 aliphatic carbocycles. The predicted octanol–water partition coefficient (Wildman–Crippen LogP) is -2.47. The van der Waals surface area contributed by atoms with Crippen LogP contribution in [0.4, 0.5) is 0 Å². The first kappa shape index (κ1) is 33.3. The van der Waals surface area contributed by atoms with Crippen LogP contribution in [0, 0.1) is 0 Å². The first-order valence-electron chi connectivity index (χ1n) is 9.52. The van der Waals surface area contributed by atoms with E-state index < -0.39 is 21.3 Å². The molecule has 0 fully saturated rings. The maximum Gasteiger partial charge on any atom is 1.00 e. The topological polar surface area (TPSA) is 97.3 Å². The molecule has 0 rings (SSSR count). The second kappa shape index (κ2) is 22.3. The van der Waals surface area contributed by atoms with E-state index in [0.29, 0.717) is 25.7 Å². The van der Waals surface area contributed by atoms with Crippen molar-refractivity contribution in [1.82, 2.24) is 0 Å². The minimum Gasteiger partial charge on any atom is -0.748 e. The van der Waals surface area contributed by atoms with E-state index in [9.17, 15) is 22.9 Å². The van der Waals surface area contributed by atoms with E-state index in [2.05, 4.69) is 6.92 Å². The maximum absolute atomic E-state index is 11.3. The summed E-state index contributed by atoms with van der Waals surface area (Å²) in [5, 5.41) is 9.52. The van der Waals surface area contributed by atoms with E-state index in [1.807, 2.05) is 0 Å². The molecule has 8 heteroatoms. The molecule has 0 aliphatic heterocycles. The van der Waals surface area contributed by atoms with Crippen LogP contribution >= 0.6 is 0 Å². The van der Waals surface area contributed by atoms with Crippen LogP contribution in [0.2, 0.25) is 0 Å². The van der Waals surface area contributed by atoms with Gasteiger partial charge in [0.2, 0.25) is 0 Å². The normalized spacial score (nSPS) is 12.1. The Morgan fingerprint density at radius 3 is 1.54 bits per heavy atom. The van der Waals surface area contributed by atoms with Crippen molar-refractivity contribution in [2.75, 3.05) is 0 Å². The Kier molecular flexibility index (Phi) is 28.6. The molecule has 0 radical (unpaired) electrons. The summed E-state index contributed by atoms with van der Waals surface area (Å²) in [6.07, 6.45) is 12.6. The molecule has 0 saturated heterocycles. The van der Waals surface area contributed by atoms with Gasteiger partial charge in [0.15, 0.2) is 0 Å². The largest absolute Gasteiger partial charge is 1.00 e. The van der Waals surface area contributed by atoms with Gasteiger partial charge in [0.05, 0.1) is 10.1 Å². The zero-order valence-corrected chi connectivity index (χ0v) is 24.2.